The van der Waals surface area contributed by atoms with Crippen molar-refractivity contribution in [3.63, 3.8) is 0 Å². The van der Waals surface area contributed by atoms with E-state index in [4.69, 9.17) is 6.42 Å². The Morgan fingerprint density at radius 2 is 2.20 bits per heavy atom. The van der Waals surface area contributed by atoms with Gasteiger partial charge in [0, 0.05) is 6.42 Å². The molecule has 0 fully saturated rings. The zero-order chi connectivity index (χ0) is 7.66. The SMILES string of the molecule is C#C/C=C\C#CCCCC. The van der Waals surface area contributed by atoms with Crippen molar-refractivity contribution in [1.29, 1.82) is 0 Å². The van der Waals surface area contributed by atoms with Crippen LogP contribution in [0.1, 0.15) is 26.2 Å². The molecule has 0 aromatic carbocycles. The number of terminal acetylenes is 1. The summed E-state index contributed by atoms with van der Waals surface area (Å²) >= 11 is 0. The summed E-state index contributed by atoms with van der Waals surface area (Å²) in [6.07, 6.45) is 11.6. The predicted molar refractivity (Wildman–Crippen MR) is 45.3 cm³/mol. The summed E-state index contributed by atoms with van der Waals surface area (Å²) in [5.74, 6) is 8.21. The van der Waals surface area contributed by atoms with Crippen molar-refractivity contribution in [2.45, 2.75) is 26.2 Å². The van der Waals surface area contributed by atoms with E-state index >= 15 is 0 Å². The van der Waals surface area contributed by atoms with Crippen LogP contribution in [-0.2, 0) is 0 Å². The topological polar surface area (TPSA) is 0 Å². The van der Waals surface area contributed by atoms with Gasteiger partial charge in [0.2, 0.25) is 0 Å². The fourth-order valence-corrected chi connectivity index (χ4v) is 0.486. The maximum absolute atomic E-state index is 4.96. The summed E-state index contributed by atoms with van der Waals surface area (Å²) < 4.78 is 0. The molecule has 0 saturated carbocycles. The Morgan fingerprint density at radius 1 is 1.40 bits per heavy atom. The molecule has 0 atom stereocenters. The highest BCUT2D eigenvalue weighted by atomic mass is 13.8. The van der Waals surface area contributed by atoms with Gasteiger partial charge in [0.05, 0.1) is 0 Å². The molecule has 0 radical (unpaired) electrons. The van der Waals surface area contributed by atoms with Crippen molar-refractivity contribution in [2.75, 3.05) is 0 Å². The molecule has 52 valence electrons. The average Bonchev–Trinajstić information content (AvgIpc) is 1.97. The van der Waals surface area contributed by atoms with Crippen molar-refractivity contribution >= 4 is 0 Å². The standard InChI is InChI=1S/C10H12/c1-3-5-7-9-10-8-6-4-2/h1,5,7H,4,6,8H2,2H3/b7-5-. The van der Waals surface area contributed by atoms with Crippen LogP contribution in [0.4, 0.5) is 0 Å². The van der Waals surface area contributed by atoms with Crippen molar-refractivity contribution in [2.24, 2.45) is 0 Å². The first kappa shape index (κ1) is 8.86. The van der Waals surface area contributed by atoms with Crippen LogP contribution in [0.15, 0.2) is 12.2 Å². The Hall–Kier alpha value is -1.14. The molecule has 0 unspecified atom stereocenters. The highest BCUT2D eigenvalue weighted by Crippen LogP contribution is 1.89. The van der Waals surface area contributed by atoms with Crippen molar-refractivity contribution in [3.05, 3.63) is 12.2 Å². The summed E-state index contributed by atoms with van der Waals surface area (Å²) in [6.45, 7) is 2.15. The second-order valence-corrected chi connectivity index (χ2v) is 1.92. The fourth-order valence-electron chi connectivity index (χ4n) is 0.486. The third-order valence-electron chi connectivity index (χ3n) is 1.02. The highest BCUT2D eigenvalue weighted by Gasteiger charge is 1.73. The van der Waals surface area contributed by atoms with Crippen LogP contribution in [0.25, 0.3) is 0 Å². The van der Waals surface area contributed by atoms with E-state index in [-0.39, 0.29) is 0 Å². The van der Waals surface area contributed by atoms with Crippen LogP contribution >= 0.6 is 0 Å². The summed E-state index contributed by atoms with van der Waals surface area (Å²) in [5.41, 5.74) is 0. The summed E-state index contributed by atoms with van der Waals surface area (Å²) in [7, 11) is 0. The van der Waals surface area contributed by atoms with Crippen LogP contribution in [-0.4, -0.2) is 0 Å². The quantitative estimate of drug-likeness (QED) is 0.399. The third-order valence-corrected chi connectivity index (χ3v) is 1.02. The van der Waals surface area contributed by atoms with Crippen LogP contribution in [0.2, 0.25) is 0 Å². The lowest BCUT2D eigenvalue weighted by Crippen LogP contribution is -1.65. The Labute approximate surface area is 63.3 Å². The highest BCUT2D eigenvalue weighted by molar-refractivity contribution is 5.22. The monoisotopic (exact) mass is 132 g/mol. The fraction of sp³-hybridized carbons (Fsp3) is 0.400. The van der Waals surface area contributed by atoms with Gasteiger partial charge in [-0.15, -0.1) is 6.42 Å². The van der Waals surface area contributed by atoms with Crippen molar-refractivity contribution in [3.8, 4) is 24.2 Å². The van der Waals surface area contributed by atoms with Gasteiger partial charge in [-0.2, -0.15) is 0 Å². The Morgan fingerprint density at radius 3 is 2.80 bits per heavy atom. The first-order valence-corrected chi connectivity index (χ1v) is 3.51. The minimum Gasteiger partial charge on any atom is -0.115 e. The molecule has 0 aliphatic heterocycles. The molecule has 0 saturated heterocycles. The molecule has 0 aromatic rings. The zero-order valence-corrected chi connectivity index (χ0v) is 6.35. The molecule has 0 N–H and O–H groups in total. The van der Waals surface area contributed by atoms with Gasteiger partial charge < -0.3 is 0 Å². The van der Waals surface area contributed by atoms with E-state index in [1.54, 1.807) is 12.2 Å². The van der Waals surface area contributed by atoms with Gasteiger partial charge in [-0.05, 0) is 18.6 Å². The first-order valence-electron chi connectivity index (χ1n) is 3.51. The molecule has 0 aliphatic rings. The first-order chi connectivity index (χ1) is 4.91. The molecule has 0 aliphatic carbocycles. The van der Waals surface area contributed by atoms with E-state index in [2.05, 4.69) is 24.7 Å². The number of hydrogen-bond acceptors (Lipinski definition) is 0. The molecule has 0 heterocycles. The van der Waals surface area contributed by atoms with E-state index in [0.29, 0.717) is 0 Å². The van der Waals surface area contributed by atoms with Gasteiger partial charge in [0.15, 0.2) is 0 Å². The van der Waals surface area contributed by atoms with E-state index < -0.39 is 0 Å². The van der Waals surface area contributed by atoms with Crippen LogP contribution in [0.3, 0.4) is 0 Å². The summed E-state index contributed by atoms with van der Waals surface area (Å²) in [5, 5.41) is 0. The van der Waals surface area contributed by atoms with E-state index in [1.807, 2.05) is 0 Å². The second-order valence-electron chi connectivity index (χ2n) is 1.92. The van der Waals surface area contributed by atoms with Gasteiger partial charge in [-0.25, -0.2) is 0 Å². The molecule has 0 nitrogen and oxygen atoms in total. The predicted octanol–water partition coefficient (Wildman–Crippen LogP) is 2.37. The van der Waals surface area contributed by atoms with Crippen LogP contribution in [0.5, 0.6) is 0 Å². The van der Waals surface area contributed by atoms with Crippen LogP contribution in [0, 0.1) is 24.2 Å². The lowest BCUT2D eigenvalue weighted by atomic mass is 10.2. The average molecular weight is 132 g/mol. The van der Waals surface area contributed by atoms with E-state index in [9.17, 15) is 0 Å². The normalized spacial score (nSPS) is 8.40. The maximum Gasteiger partial charge on any atom is 0.00921 e. The van der Waals surface area contributed by atoms with E-state index in [0.717, 1.165) is 6.42 Å². The van der Waals surface area contributed by atoms with Crippen molar-refractivity contribution in [1.82, 2.24) is 0 Å². The molecular formula is C10H12. The number of allylic oxidation sites excluding steroid dienone is 2. The number of unbranched alkanes of at least 4 members (excludes halogenated alkanes) is 2. The van der Waals surface area contributed by atoms with Crippen molar-refractivity contribution < 1.29 is 0 Å². The lowest BCUT2D eigenvalue weighted by molar-refractivity contribution is 0.828. The van der Waals surface area contributed by atoms with Crippen LogP contribution < -0.4 is 0 Å². The molecule has 0 bridgehead atoms. The number of rotatable bonds is 2. The molecule has 0 rings (SSSR count). The Balaban J connectivity index is 3.33. The molecule has 0 heteroatoms. The largest absolute Gasteiger partial charge is 0.115 e. The maximum atomic E-state index is 4.96. The summed E-state index contributed by atoms with van der Waals surface area (Å²) in [4.78, 5) is 0. The third kappa shape index (κ3) is 6.86. The van der Waals surface area contributed by atoms with Gasteiger partial charge in [-0.1, -0.05) is 31.1 Å². The molecule has 0 amide bonds. The molecule has 10 heavy (non-hydrogen) atoms. The minimum atomic E-state index is 0.978. The Bertz CT molecular complexity index is 180. The number of hydrogen-bond donors (Lipinski definition) is 0. The molecule has 0 spiro atoms. The van der Waals surface area contributed by atoms with E-state index in [1.165, 1.54) is 12.8 Å². The van der Waals surface area contributed by atoms with Gasteiger partial charge in [0.1, 0.15) is 0 Å². The zero-order valence-electron chi connectivity index (χ0n) is 6.35. The summed E-state index contributed by atoms with van der Waals surface area (Å²) in [6, 6.07) is 0. The molecule has 0 aromatic heterocycles. The van der Waals surface area contributed by atoms with Gasteiger partial charge in [0.25, 0.3) is 0 Å². The lowest BCUT2D eigenvalue weighted by Gasteiger charge is -1.81. The smallest absolute Gasteiger partial charge is 0.00921 e. The minimum absolute atomic E-state index is 0.978. The van der Waals surface area contributed by atoms with Gasteiger partial charge >= 0.3 is 0 Å². The Kier molecular flexibility index (Phi) is 6.96. The second kappa shape index (κ2) is 7.86. The van der Waals surface area contributed by atoms with Gasteiger partial charge in [-0.3, -0.25) is 0 Å². The molecular weight excluding hydrogens is 120 g/mol.